The van der Waals surface area contributed by atoms with E-state index in [1.807, 2.05) is 6.92 Å². The Labute approximate surface area is 143 Å². The molecule has 1 fully saturated rings. The molecule has 0 spiro atoms. The van der Waals surface area contributed by atoms with E-state index in [9.17, 15) is 8.42 Å². The molecule has 0 amide bonds. The third-order valence-corrected chi connectivity index (χ3v) is 8.05. The van der Waals surface area contributed by atoms with Crippen LogP contribution in [0.15, 0.2) is 14.7 Å². The number of thiophene rings is 1. The highest BCUT2D eigenvalue weighted by Gasteiger charge is 2.24. The zero-order valence-electron chi connectivity index (χ0n) is 12.2. The first kappa shape index (κ1) is 17.7. The van der Waals surface area contributed by atoms with E-state index < -0.39 is 10.0 Å². The topological polar surface area (TPSA) is 58.2 Å². The maximum atomic E-state index is 12.4. The Morgan fingerprint density at radius 3 is 2.86 bits per heavy atom. The molecule has 1 saturated carbocycles. The average molecular weight is 413 g/mol. The second-order valence-corrected chi connectivity index (χ2v) is 10.6. The minimum Gasteiger partial charge on any atom is -0.309 e. The zero-order valence-corrected chi connectivity index (χ0v) is 16.2. The molecule has 1 aromatic rings. The lowest BCUT2D eigenvalue weighted by molar-refractivity contribution is 0.571. The molecule has 21 heavy (non-hydrogen) atoms. The fraction of sp³-hybridized carbons (Fsp3) is 0.692. The fourth-order valence-corrected chi connectivity index (χ4v) is 6.51. The molecule has 0 saturated heterocycles. The lowest BCUT2D eigenvalue weighted by atomic mass is 10.4. The molecule has 1 heterocycles. The van der Waals surface area contributed by atoms with Crippen LogP contribution in [-0.4, -0.2) is 32.0 Å². The summed E-state index contributed by atoms with van der Waals surface area (Å²) in [5, 5.41) is 3.40. The van der Waals surface area contributed by atoms with E-state index in [4.69, 9.17) is 0 Å². The number of thioether (sulfide) groups is 1. The van der Waals surface area contributed by atoms with Crippen molar-refractivity contribution in [1.82, 2.24) is 10.0 Å². The van der Waals surface area contributed by atoms with Crippen LogP contribution in [0.4, 0.5) is 0 Å². The van der Waals surface area contributed by atoms with Gasteiger partial charge in [-0.3, -0.25) is 0 Å². The summed E-state index contributed by atoms with van der Waals surface area (Å²) >= 11 is 6.60. The van der Waals surface area contributed by atoms with Gasteiger partial charge >= 0.3 is 0 Å². The Morgan fingerprint density at radius 2 is 2.24 bits per heavy atom. The van der Waals surface area contributed by atoms with E-state index in [2.05, 4.69) is 32.9 Å². The summed E-state index contributed by atoms with van der Waals surface area (Å²) in [5.74, 6) is 1.78. The van der Waals surface area contributed by atoms with Crippen molar-refractivity contribution in [3.8, 4) is 0 Å². The van der Waals surface area contributed by atoms with Gasteiger partial charge in [0.1, 0.15) is 4.90 Å². The van der Waals surface area contributed by atoms with E-state index in [0.717, 1.165) is 22.9 Å². The van der Waals surface area contributed by atoms with Gasteiger partial charge < -0.3 is 5.32 Å². The summed E-state index contributed by atoms with van der Waals surface area (Å²) < 4.78 is 28.3. The van der Waals surface area contributed by atoms with Gasteiger partial charge in [0.15, 0.2) is 0 Å². The van der Waals surface area contributed by atoms with Crippen LogP contribution in [0.3, 0.4) is 0 Å². The largest absolute Gasteiger partial charge is 0.309 e. The van der Waals surface area contributed by atoms with Crippen molar-refractivity contribution in [3.05, 3.63) is 14.7 Å². The highest BCUT2D eigenvalue weighted by Crippen LogP contribution is 2.32. The first-order chi connectivity index (χ1) is 9.92. The first-order valence-corrected chi connectivity index (χ1v) is 11.3. The molecule has 1 atom stereocenters. The molecule has 8 heteroatoms. The Morgan fingerprint density at radius 1 is 1.52 bits per heavy atom. The molecule has 0 bridgehead atoms. The van der Waals surface area contributed by atoms with E-state index in [1.165, 1.54) is 24.2 Å². The average Bonchev–Trinajstić information content (AvgIpc) is 3.15. The smallest absolute Gasteiger partial charge is 0.242 e. The quantitative estimate of drug-likeness (QED) is 0.653. The van der Waals surface area contributed by atoms with Crippen LogP contribution in [0.25, 0.3) is 0 Å². The number of halogens is 1. The van der Waals surface area contributed by atoms with Gasteiger partial charge in [-0.15, -0.1) is 11.3 Å². The zero-order chi connectivity index (χ0) is 15.5. The van der Waals surface area contributed by atoms with Gasteiger partial charge in [0.2, 0.25) is 10.0 Å². The van der Waals surface area contributed by atoms with Crippen molar-refractivity contribution in [3.63, 3.8) is 0 Å². The molecule has 1 aromatic heterocycles. The van der Waals surface area contributed by atoms with E-state index >= 15 is 0 Å². The van der Waals surface area contributed by atoms with Gasteiger partial charge in [-0.25, -0.2) is 13.1 Å². The summed E-state index contributed by atoms with van der Waals surface area (Å²) in [6.45, 7) is 4.71. The minimum atomic E-state index is -3.45. The van der Waals surface area contributed by atoms with E-state index in [-0.39, 0.29) is 6.04 Å². The predicted octanol–water partition coefficient (Wildman–Crippen LogP) is 3.18. The van der Waals surface area contributed by atoms with Gasteiger partial charge in [0.25, 0.3) is 0 Å². The van der Waals surface area contributed by atoms with Crippen LogP contribution < -0.4 is 10.0 Å². The maximum Gasteiger partial charge on any atom is 0.242 e. The van der Waals surface area contributed by atoms with Crippen LogP contribution in [0.5, 0.6) is 0 Å². The highest BCUT2D eigenvalue weighted by atomic mass is 79.9. The monoisotopic (exact) mass is 412 g/mol. The van der Waals surface area contributed by atoms with Crippen LogP contribution in [0.1, 0.15) is 31.6 Å². The van der Waals surface area contributed by atoms with Crippen molar-refractivity contribution in [2.24, 2.45) is 0 Å². The molecule has 0 aliphatic heterocycles. The maximum absolute atomic E-state index is 12.4. The lowest BCUT2D eigenvalue weighted by Crippen LogP contribution is -2.34. The lowest BCUT2D eigenvalue weighted by Gasteiger charge is -2.13. The van der Waals surface area contributed by atoms with Crippen LogP contribution in [0, 0.1) is 0 Å². The van der Waals surface area contributed by atoms with Crippen molar-refractivity contribution < 1.29 is 8.42 Å². The van der Waals surface area contributed by atoms with Gasteiger partial charge in [0, 0.05) is 29.3 Å². The molecule has 4 nitrogen and oxygen atoms in total. The predicted molar refractivity (Wildman–Crippen MR) is 94.7 cm³/mol. The number of rotatable bonds is 9. The molecule has 0 radical (unpaired) electrons. The molecule has 120 valence electrons. The first-order valence-electron chi connectivity index (χ1n) is 7.04. The van der Waals surface area contributed by atoms with Crippen molar-refractivity contribution in [2.75, 3.05) is 11.5 Å². The molecule has 1 aliphatic rings. The summed E-state index contributed by atoms with van der Waals surface area (Å²) in [6, 6.07) is 2.32. The summed E-state index contributed by atoms with van der Waals surface area (Å²) in [6.07, 6.45) is 2.46. The van der Waals surface area contributed by atoms with E-state index in [1.54, 1.807) is 17.8 Å². The van der Waals surface area contributed by atoms with Gasteiger partial charge in [0.05, 0.1) is 3.79 Å². The molecule has 2 N–H and O–H groups in total. The van der Waals surface area contributed by atoms with Crippen molar-refractivity contribution in [2.45, 2.75) is 50.2 Å². The molecule has 0 aromatic carbocycles. The van der Waals surface area contributed by atoms with Gasteiger partial charge in [-0.2, -0.15) is 11.8 Å². The SMILES string of the molecule is CCSCC(C)NS(=O)(=O)c1cc(CNC2CC2)sc1Br. The van der Waals surface area contributed by atoms with E-state index in [0.29, 0.717) is 14.7 Å². The normalized spacial score (nSPS) is 17.1. The summed E-state index contributed by atoms with van der Waals surface area (Å²) in [7, 11) is -3.45. The highest BCUT2D eigenvalue weighted by molar-refractivity contribution is 9.11. The second-order valence-electron chi connectivity index (χ2n) is 5.19. The number of nitrogens with one attached hydrogen (secondary N) is 2. The molecular formula is C13H21BrN2O2S3. The van der Waals surface area contributed by atoms with Crippen LogP contribution in [0.2, 0.25) is 0 Å². The number of hydrogen-bond acceptors (Lipinski definition) is 5. The van der Waals surface area contributed by atoms with Crippen LogP contribution >= 0.6 is 39.0 Å². The Balaban J connectivity index is 2.00. The fourth-order valence-electron chi connectivity index (χ4n) is 1.86. The summed E-state index contributed by atoms with van der Waals surface area (Å²) in [5.41, 5.74) is 0. The van der Waals surface area contributed by atoms with Crippen LogP contribution in [-0.2, 0) is 16.6 Å². The third-order valence-electron chi connectivity index (χ3n) is 3.07. The molecule has 1 unspecified atom stereocenters. The molecular weight excluding hydrogens is 392 g/mol. The Hall–Kier alpha value is 0.400. The minimum absolute atomic E-state index is 0.0696. The summed E-state index contributed by atoms with van der Waals surface area (Å²) in [4.78, 5) is 1.40. The number of sulfonamides is 1. The second kappa shape index (κ2) is 7.79. The Kier molecular flexibility index (Phi) is 6.58. The van der Waals surface area contributed by atoms with Crippen molar-refractivity contribution in [1.29, 1.82) is 0 Å². The number of hydrogen-bond donors (Lipinski definition) is 2. The van der Waals surface area contributed by atoms with Gasteiger partial charge in [-0.1, -0.05) is 6.92 Å². The third kappa shape index (κ3) is 5.51. The van der Waals surface area contributed by atoms with Crippen molar-refractivity contribution >= 4 is 49.1 Å². The van der Waals surface area contributed by atoms with Gasteiger partial charge in [-0.05, 0) is 47.5 Å². The Bertz CT molecular complexity index is 570. The molecule has 1 aliphatic carbocycles. The standard InChI is InChI=1S/C13H21BrN2O2S3/c1-3-19-8-9(2)16-21(17,18)12-6-11(20-13(12)14)7-15-10-4-5-10/h6,9-10,15-16H,3-5,7-8H2,1-2H3. The molecule has 2 rings (SSSR count).